The van der Waals surface area contributed by atoms with E-state index in [2.05, 4.69) is 10.1 Å². The molecule has 1 fully saturated rings. The lowest BCUT2D eigenvalue weighted by Crippen LogP contribution is -2.15. The number of benzene rings is 1. The second-order valence-electron chi connectivity index (χ2n) is 6.77. The molecular formula is C20H26ClN3O3. The van der Waals surface area contributed by atoms with Crippen molar-refractivity contribution in [2.24, 2.45) is 5.92 Å². The number of carbonyl (C=O) groups excluding carboxylic acids is 1. The summed E-state index contributed by atoms with van der Waals surface area (Å²) in [5, 5.41) is 4.88. The number of hydrogen-bond acceptors (Lipinski definition) is 5. The number of carbonyl (C=O) groups is 1. The normalized spacial score (nSPS) is 14.6. The predicted octanol–water partition coefficient (Wildman–Crippen LogP) is 4.62. The molecule has 27 heavy (non-hydrogen) atoms. The topological polar surface area (TPSA) is 66.2 Å². The van der Waals surface area contributed by atoms with Crippen molar-refractivity contribution >= 4 is 17.5 Å². The smallest absolute Gasteiger partial charge is 0.336 e. The Morgan fingerprint density at radius 3 is 2.85 bits per heavy atom. The van der Waals surface area contributed by atoms with Crippen LogP contribution in [0.25, 0.3) is 11.4 Å². The van der Waals surface area contributed by atoms with E-state index in [1.807, 2.05) is 19.1 Å². The molecule has 1 aromatic heterocycles. The first-order valence-electron chi connectivity index (χ1n) is 9.64. The Morgan fingerprint density at radius 1 is 1.30 bits per heavy atom. The van der Waals surface area contributed by atoms with Crippen LogP contribution in [-0.4, -0.2) is 40.5 Å². The predicted molar refractivity (Wildman–Crippen MR) is 104 cm³/mol. The molecule has 1 saturated carbocycles. The van der Waals surface area contributed by atoms with Crippen LogP contribution >= 0.6 is 11.6 Å². The summed E-state index contributed by atoms with van der Waals surface area (Å²) >= 11 is 6.11. The zero-order chi connectivity index (χ0) is 19.1. The molecule has 0 saturated heterocycles. The molecule has 2 aromatic rings. The average molecular weight is 392 g/mol. The monoisotopic (exact) mass is 391 g/mol. The molecule has 0 amide bonds. The Morgan fingerprint density at radius 2 is 2.11 bits per heavy atom. The van der Waals surface area contributed by atoms with E-state index in [9.17, 15) is 4.79 Å². The summed E-state index contributed by atoms with van der Waals surface area (Å²) < 4.78 is 12.2. The van der Waals surface area contributed by atoms with Crippen molar-refractivity contribution in [2.45, 2.75) is 45.4 Å². The number of rotatable bonds is 9. The third-order valence-corrected chi connectivity index (χ3v) is 5.05. The highest BCUT2D eigenvalue weighted by Crippen LogP contribution is 2.29. The van der Waals surface area contributed by atoms with Gasteiger partial charge in [0.1, 0.15) is 6.61 Å². The lowest BCUT2D eigenvalue weighted by molar-refractivity contribution is 0.0872. The third-order valence-electron chi connectivity index (χ3n) is 4.81. The summed E-state index contributed by atoms with van der Waals surface area (Å²) in [7, 11) is 0. The van der Waals surface area contributed by atoms with Crippen LogP contribution in [0.1, 0.15) is 50.2 Å². The highest BCUT2D eigenvalue weighted by atomic mass is 35.5. The van der Waals surface area contributed by atoms with E-state index >= 15 is 0 Å². The van der Waals surface area contributed by atoms with Gasteiger partial charge in [-0.1, -0.05) is 49.4 Å². The first-order chi connectivity index (χ1) is 13.2. The van der Waals surface area contributed by atoms with Gasteiger partial charge >= 0.3 is 6.01 Å². The molecule has 7 heteroatoms. The number of ether oxygens (including phenoxy) is 2. The highest BCUT2D eigenvalue weighted by molar-refractivity contribution is 6.30. The Labute approximate surface area is 164 Å². The molecule has 0 radical (unpaired) electrons. The quantitative estimate of drug-likeness (QED) is 0.583. The standard InChI is InChI=1S/C20H26ClN3O3/c1-2-26-12-13-27-20-22-19(16-8-5-9-17(21)14-16)24(23-20)18(25)11-10-15-6-3-4-7-15/h5,8-9,14-15H,2-4,6-7,10-13H2,1H3. The first kappa shape index (κ1) is 19.8. The minimum atomic E-state index is -0.0657. The van der Waals surface area contributed by atoms with Crippen LogP contribution in [0.4, 0.5) is 0 Å². The van der Waals surface area contributed by atoms with E-state index in [-0.39, 0.29) is 11.9 Å². The lowest BCUT2D eigenvalue weighted by atomic mass is 10.0. The zero-order valence-corrected chi connectivity index (χ0v) is 16.5. The van der Waals surface area contributed by atoms with Gasteiger partial charge in [0.2, 0.25) is 5.91 Å². The molecule has 0 N–H and O–H groups in total. The van der Waals surface area contributed by atoms with Crippen LogP contribution in [0.2, 0.25) is 5.02 Å². The molecule has 1 aromatic carbocycles. The SMILES string of the molecule is CCOCCOc1nc(-c2cccc(Cl)c2)n(C(=O)CCC2CCCC2)n1. The Kier molecular flexibility index (Phi) is 7.24. The van der Waals surface area contributed by atoms with Crippen LogP contribution in [0.3, 0.4) is 0 Å². The van der Waals surface area contributed by atoms with E-state index in [0.717, 1.165) is 12.0 Å². The van der Waals surface area contributed by atoms with Crippen molar-refractivity contribution in [1.29, 1.82) is 0 Å². The molecule has 3 rings (SSSR count). The maximum Gasteiger partial charge on any atom is 0.336 e. The number of nitrogens with zero attached hydrogens (tertiary/aromatic N) is 3. The fraction of sp³-hybridized carbons (Fsp3) is 0.550. The molecule has 0 atom stereocenters. The van der Waals surface area contributed by atoms with Crippen molar-refractivity contribution in [1.82, 2.24) is 14.8 Å². The van der Waals surface area contributed by atoms with E-state index in [4.69, 9.17) is 21.1 Å². The van der Waals surface area contributed by atoms with Gasteiger partial charge in [-0.25, -0.2) is 0 Å². The van der Waals surface area contributed by atoms with Crippen LogP contribution in [-0.2, 0) is 4.74 Å². The van der Waals surface area contributed by atoms with Gasteiger partial charge in [0.15, 0.2) is 5.82 Å². The van der Waals surface area contributed by atoms with Crippen LogP contribution in [0.5, 0.6) is 6.01 Å². The largest absolute Gasteiger partial charge is 0.460 e. The second-order valence-corrected chi connectivity index (χ2v) is 7.20. The summed E-state index contributed by atoms with van der Waals surface area (Å²) in [6.45, 7) is 3.34. The summed E-state index contributed by atoms with van der Waals surface area (Å²) in [6.07, 6.45) is 6.34. The van der Waals surface area contributed by atoms with Crippen molar-refractivity contribution in [3.8, 4) is 17.4 Å². The number of halogens is 1. The minimum Gasteiger partial charge on any atom is -0.460 e. The molecule has 0 bridgehead atoms. The summed E-state index contributed by atoms with van der Waals surface area (Å²) in [6, 6.07) is 7.43. The van der Waals surface area contributed by atoms with Gasteiger partial charge in [0.25, 0.3) is 0 Å². The van der Waals surface area contributed by atoms with Gasteiger partial charge in [-0.05, 0) is 31.4 Å². The number of aromatic nitrogens is 3. The Hall–Kier alpha value is -1.92. The van der Waals surface area contributed by atoms with Crippen molar-refractivity contribution in [2.75, 3.05) is 19.8 Å². The number of hydrogen-bond donors (Lipinski definition) is 0. The van der Waals surface area contributed by atoms with Crippen molar-refractivity contribution in [3.63, 3.8) is 0 Å². The van der Waals surface area contributed by atoms with E-state index in [0.29, 0.717) is 43.0 Å². The molecule has 0 spiro atoms. The maximum absolute atomic E-state index is 12.8. The van der Waals surface area contributed by atoms with E-state index in [1.165, 1.54) is 30.4 Å². The minimum absolute atomic E-state index is 0.0657. The van der Waals surface area contributed by atoms with Gasteiger partial charge in [0, 0.05) is 23.6 Å². The Balaban J connectivity index is 1.76. The molecule has 0 aliphatic heterocycles. The van der Waals surface area contributed by atoms with Gasteiger partial charge < -0.3 is 9.47 Å². The first-order valence-corrected chi connectivity index (χ1v) is 10.0. The fourth-order valence-electron chi connectivity index (χ4n) is 3.41. The van der Waals surface area contributed by atoms with Crippen molar-refractivity contribution < 1.29 is 14.3 Å². The van der Waals surface area contributed by atoms with Gasteiger partial charge in [-0.2, -0.15) is 9.67 Å². The molecule has 6 nitrogen and oxygen atoms in total. The van der Waals surface area contributed by atoms with Crippen molar-refractivity contribution in [3.05, 3.63) is 29.3 Å². The van der Waals surface area contributed by atoms with Crippen LogP contribution in [0, 0.1) is 5.92 Å². The van der Waals surface area contributed by atoms with Crippen LogP contribution in [0.15, 0.2) is 24.3 Å². The third kappa shape index (κ3) is 5.53. The Bertz CT molecular complexity index is 757. The highest BCUT2D eigenvalue weighted by Gasteiger charge is 2.21. The van der Waals surface area contributed by atoms with E-state index in [1.54, 1.807) is 12.1 Å². The molecule has 1 aliphatic rings. The molecule has 0 unspecified atom stereocenters. The average Bonchev–Trinajstić information content (AvgIpc) is 3.33. The van der Waals surface area contributed by atoms with Gasteiger partial charge in [-0.15, -0.1) is 5.10 Å². The summed E-state index contributed by atoms with van der Waals surface area (Å²) in [4.78, 5) is 17.2. The zero-order valence-electron chi connectivity index (χ0n) is 15.7. The van der Waals surface area contributed by atoms with Gasteiger partial charge in [0.05, 0.1) is 6.61 Å². The van der Waals surface area contributed by atoms with Crippen LogP contribution < -0.4 is 4.74 Å². The van der Waals surface area contributed by atoms with E-state index < -0.39 is 0 Å². The molecule has 1 heterocycles. The second kappa shape index (κ2) is 9.85. The molecule has 146 valence electrons. The fourth-order valence-corrected chi connectivity index (χ4v) is 3.60. The molecule has 1 aliphatic carbocycles. The maximum atomic E-state index is 12.8. The van der Waals surface area contributed by atoms with Gasteiger partial charge in [-0.3, -0.25) is 4.79 Å². The summed E-state index contributed by atoms with van der Waals surface area (Å²) in [5.74, 6) is 1.04. The lowest BCUT2D eigenvalue weighted by Gasteiger charge is -2.08. The summed E-state index contributed by atoms with van der Waals surface area (Å²) in [5.41, 5.74) is 0.740. The molecular weight excluding hydrogens is 366 g/mol.